The lowest BCUT2D eigenvalue weighted by Gasteiger charge is -2.18. The van der Waals surface area contributed by atoms with Gasteiger partial charge in [-0.1, -0.05) is 41.9 Å². The highest BCUT2D eigenvalue weighted by Gasteiger charge is 2.34. The van der Waals surface area contributed by atoms with Crippen LogP contribution in [0.4, 0.5) is 13.2 Å². The molecule has 1 amide bonds. The van der Waals surface area contributed by atoms with E-state index in [2.05, 4.69) is 5.32 Å². The standard InChI is InChI=1S/C20H18ClF3N2O5S/c21-15-9-6-13(20(22,23)24)10-16(15)32(29,30)25-11-17(27)31-18(12-4-2-1-3-5-12)19(28)26-14-7-8-14/h1-6,9-10,14,18,25H,7-8,11H2,(H,26,28). The lowest BCUT2D eigenvalue weighted by Crippen LogP contribution is -2.36. The van der Waals surface area contributed by atoms with Crippen LogP contribution < -0.4 is 10.0 Å². The molecule has 0 radical (unpaired) electrons. The third kappa shape index (κ3) is 6.21. The molecule has 0 spiro atoms. The van der Waals surface area contributed by atoms with Crippen molar-refractivity contribution in [1.82, 2.24) is 10.0 Å². The van der Waals surface area contributed by atoms with Gasteiger partial charge in [0.05, 0.1) is 10.6 Å². The number of esters is 1. The van der Waals surface area contributed by atoms with E-state index in [0.29, 0.717) is 17.7 Å². The molecule has 2 aromatic carbocycles. The lowest BCUT2D eigenvalue weighted by atomic mass is 10.1. The average Bonchev–Trinajstić information content (AvgIpc) is 3.54. The maximum atomic E-state index is 12.9. The Hall–Kier alpha value is -2.63. The number of hydrogen-bond acceptors (Lipinski definition) is 5. The molecule has 0 aliphatic heterocycles. The minimum absolute atomic E-state index is 0.00559. The van der Waals surface area contributed by atoms with E-state index in [1.165, 1.54) is 0 Å². The zero-order valence-electron chi connectivity index (χ0n) is 16.4. The van der Waals surface area contributed by atoms with Gasteiger partial charge in [0.2, 0.25) is 16.1 Å². The van der Waals surface area contributed by atoms with Crippen molar-refractivity contribution in [2.45, 2.75) is 36.1 Å². The smallest absolute Gasteiger partial charge is 0.416 e. The van der Waals surface area contributed by atoms with Crippen molar-refractivity contribution >= 4 is 33.5 Å². The Labute approximate surface area is 186 Å². The number of carbonyl (C=O) groups excluding carboxylic acids is 2. The van der Waals surface area contributed by atoms with Crippen LogP contribution >= 0.6 is 11.6 Å². The molecule has 12 heteroatoms. The van der Waals surface area contributed by atoms with Crippen molar-refractivity contribution in [3.05, 3.63) is 64.7 Å². The van der Waals surface area contributed by atoms with Crippen LogP contribution in [0, 0.1) is 0 Å². The maximum Gasteiger partial charge on any atom is 0.416 e. The van der Waals surface area contributed by atoms with Crippen molar-refractivity contribution in [1.29, 1.82) is 0 Å². The van der Waals surface area contributed by atoms with Crippen LogP contribution in [-0.4, -0.2) is 32.9 Å². The molecule has 0 aromatic heterocycles. The number of rotatable bonds is 8. The zero-order chi connectivity index (χ0) is 23.5. The Morgan fingerprint density at radius 3 is 2.38 bits per heavy atom. The second-order valence-electron chi connectivity index (χ2n) is 7.03. The summed E-state index contributed by atoms with van der Waals surface area (Å²) in [6.45, 7) is -0.922. The first-order valence-electron chi connectivity index (χ1n) is 9.38. The van der Waals surface area contributed by atoms with Gasteiger partial charge in [0.25, 0.3) is 5.91 Å². The summed E-state index contributed by atoms with van der Waals surface area (Å²) in [7, 11) is -4.58. The molecule has 1 aliphatic carbocycles. The monoisotopic (exact) mass is 490 g/mol. The highest BCUT2D eigenvalue weighted by Crippen LogP contribution is 2.33. The van der Waals surface area contributed by atoms with Gasteiger partial charge in [-0.15, -0.1) is 0 Å². The van der Waals surface area contributed by atoms with E-state index in [1.54, 1.807) is 30.3 Å². The van der Waals surface area contributed by atoms with Crippen LogP contribution in [0.25, 0.3) is 0 Å². The van der Waals surface area contributed by atoms with Gasteiger partial charge in [0, 0.05) is 11.6 Å². The largest absolute Gasteiger partial charge is 0.446 e. The predicted octanol–water partition coefficient (Wildman–Crippen LogP) is 3.20. The first-order valence-corrected chi connectivity index (χ1v) is 11.2. The van der Waals surface area contributed by atoms with E-state index in [0.717, 1.165) is 18.9 Å². The Balaban J connectivity index is 1.71. The zero-order valence-corrected chi connectivity index (χ0v) is 17.9. The highest BCUT2D eigenvalue weighted by molar-refractivity contribution is 7.89. The van der Waals surface area contributed by atoms with Crippen LogP contribution in [0.3, 0.4) is 0 Å². The predicted molar refractivity (Wildman–Crippen MR) is 108 cm³/mol. The van der Waals surface area contributed by atoms with Gasteiger partial charge in [0.1, 0.15) is 11.4 Å². The number of nitrogens with one attached hydrogen (secondary N) is 2. The van der Waals surface area contributed by atoms with Crippen LogP contribution in [0.5, 0.6) is 0 Å². The van der Waals surface area contributed by atoms with Gasteiger partial charge in [-0.25, -0.2) is 8.42 Å². The van der Waals surface area contributed by atoms with Crippen LogP contribution in [-0.2, 0) is 30.5 Å². The third-order valence-electron chi connectivity index (χ3n) is 4.47. The highest BCUT2D eigenvalue weighted by atomic mass is 35.5. The average molecular weight is 491 g/mol. The molecule has 1 fully saturated rings. The van der Waals surface area contributed by atoms with Crippen molar-refractivity contribution in [2.24, 2.45) is 0 Å². The Bertz CT molecular complexity index is 1110. The molecule has 1 saturated carbocycles. The number of halogens is 4. The molecule has 1 unspecified atom stereocenters. The van der Waals surface area contributed by atoms with E-state index >= 15 is 0 Å². The number of alkyl halides is 3. The topological polar surface area (TPSA) is 102 Å². The summed E-state index contributed by atoms with van der Waals surface area (Å²) in [5.74, 6) is -1.66. The Morgan fingerprint density at radius 1 is 1.12 bits per heavy atom. The first kappa shape index (κ1) is 24.0. The van der Waals surface area contributed by atoms with Crippen molar-refractivity contribution in [2.75, 3.05) is 6.54 Å². The molecule has 1 atom stereocenters. The number of carbonyl (C=O) groups is 2. The van der Waals surface area contributed by atoms with Crippen LogP contribution in [0.2, 0.25) is 5.02 Å². The molecule has 172 valence electrons. The quantitative estimate of drug-likeness (QED) is 0.553. The lowest BCUT2D eigenvalue weighted by molar-refractivity contribution is -0.155. The number of amides is 1. The minimum atomic E-state index is -4.79. The Morgan fingerprint density at radius 2 is 1.78 bits per heavy atom. The molecule has 0 bridgehead atoms. The number of sulfonamides is 1. The molecule has 32 heavy (non-hydrogen) atoms. The normalized spacial score (nSPS) is 15.1. The second-order valence-corrected chi connectivity index (χ2v) is 9.17. The van der Waals surface area contributed by atoms with Crippen molar-refractivity contribution < 1.29 is 35.9 Å². The van der Waals surface area contributed by atoms with Crippen LogP contribution in [0.15, 0.2) is 53.4 Å². The summed E-state index contributed by atoms with van der Waals surface area (Å²) in [5, 5.41) is 2.25. The molecule has 7 nitrogen and oxygen atoms in total. The van der Waals surface area contributed by atoms with Crippen molar-refractivity contribution in [3.63, 3.8) is 0 Å². The molecular weight excluding hydrogens is 473 g/mol. The summed E-state index contributed by atoms with van der Waals surface area (Å²) in [6, 6.07) is 9.91. The van der Waals surface area contributed by atoms with Gasteiger partial charge < -0.3 is 10.1 Å². The van der Waals surface area contributed by atoms with Crippen molar-refractivity contribution in [3.8, 4) is 0 Å². The minimum Gasteiger partial charge on any atom is -0.446 e. The van der Waals surface area contributed by atoms with Gasteiger partial charge in [-0.05, 0) is 31.0 Å². The summed E-state index contributed by atoms with van der Waals surface area (Å²) in [6.07, 6.45) is -4.49. The number of ether oxygens (including phenoxy) is 1. The summed E-state index contributed by atoms with van der Waals surface area (Å²) >= 11 is 5.75. The molecular formula is C20H18ClF3N2O5S. The fourth-order valence-corrected chi connectivity index (χ4v) is 4.19. The summed E-state index contributed by atoms with van der Waals surface area (Å²) in [4.78, 5) is 23.9. The number of benzene rings is 2. The summed E-state index contributed by atoms with van der Waals surface area (Å²) < 4.78 is 70.6. The van der Waals surface area contributed by atoms with Gasteiger partial charge in [-0.3, -0.25) is 9.59 Å². The fraction of sp³-hybridized carbons (Fsp3) is 0.300. The summed E-state index contributed by atoms with van der Waals surface area (Å²) in [5.41, 5.74) is -0.839. The maximum absolute atomic E-state index is 12.9. The Kier molecular flexibility index (Phi) is 7.11. The van der Waals surface area contributed by atoms with E-state index < -0.39 is 56.2 Å². The third-order valence-corrected chi connectivity index (χ3v) is 6.35. The van der Waals surface area contributed by atoms with E-state index in [-0.39, 0.29) is 6.04 Å². The number of hydrogen-bond donors (Lipinski definition) is 2. The molecule has 0 saturated heterocycles. The van der Waals surface area contributed by atoms with Gasteiger partial charge in [0.15, 0.2) is 0 Å². The first-order chi connectivity index (χ1) is 15.0. The van der Waals surface area contributed by atoms with E-state index in [1.807, 2.05) is 4.72 Å². The molecule has 2 aromatic rings. The van der Waals surface area contributed by atoms with E-state index in [4.69, 9.17) is 16.3 Å². The SMILES string of the molecule is O=C(CNS(=O)(=O)c1cc(C(F)(F)F)ccc1Cl)OC(C(=O)NC1CC1)c1ccccc1. The van der Waals surface area contributed by atoms with E-state index in [9.17, 15) is 31.2 Å². The molecule has 2 N–H and O–H groups in total. The van der Waals surface area contributed by atoms with Gasteiger partial charge >= 0.3 is 12.1 Å². The molecule has 0 heterocycles. The molecule has 3 rings (SSSR count). The molecule has 1 aliphatic rings. The fourth-order valence-electron chi connectivity index (χ4n) is 2.70. The van der Waals surface area contributed by atoms with Gasteiger partial charge in [-0.2, -0.15) is 17.9 Å². The second kappa shape index (κ2) is 9.47. The van der Waals surface area contributed by atoms with Crippen LogP contribution in [0.1, 0.15) is 30.1 Å².